The van der Waals surface area contributed by atoms with Crippen molar-refractivity contribution in [3.8, 4) is 11.5 Å². The number of urea groups is 1. The van der Waals surface area contributed by atoms with Crippen molar-refractivity contribution in [1.29, 1.82) is 0 Å². The SMILES string of the molecule is COc1ccccc1NC(=O)Nc1nnc(COc2ccc(C(C)(C)C)cc2)s1. The minimum absolute atomic E-state index is 0.0999. The van der Waals surface area contributed by atoms with E-state index in [1.54, 1.807) is 19.2 Å². The third-order valence-corrected chi connectivity index (χ3v) is 4.94. The van der Waals surface area contributed by atoms with Gasteiger partial charge < -0.3 is 14.8 Å². The lowest BCUT2D eigenvalue weighted by atomic mass is 9.87. The molecule has 2 aromatic carbocycles. The Labute approximate surface area is 174 Å². The average molecular weight is 413 g/mol. The second-order valence-corrected chi connectivity index (χ2v) is 8.41. The van der Waals surface area contributed by atoms with Crippen molar-refractivity contribution in [2.24, 2.45) is 0 Å². The molecule has 0 spiro atoms. The largest absolute Gasteiger partial charge is 0.495 e. The zero-order valence-corrected chi connectivity index (χ0v) is 17.7. The highest BCUT2D eigenvalue weighted by Crippen LogP contribution is 2.26. The number of nitrogens with one attached hydrogen (secondary N) is 2. The number of hydrogen-bond donors (Lipinski definition) is 2. The molecule has 2 amide bonds. The first-order chi connectivity index (χ1) is 13.8. The molecule has 0 atom stereocenters. The minimum atomic E-state index is -0.420. The molecule has 0 unspecified atom stereocenters. The highest BCUT2D eigenvalue weighted by Gasteiger charge is 2.14. The van der Waals surface area contributed by atoms with Crippen molar-refractivity contribution in [1.82, 2.24) is 10.2 Å². The Balaban J connectivity index is 1.53. The first-order valence-electron chi connectivity index (χ1n) is 9.12. The molecule has 0 aliphatic heterocycles. The molecule has 3 aromatic rings. The van der Waals surface area contributed by atoms with Crippen LogP contribution in [-0.4, -0.2) is 23.3 Å². The maximum absolute atomic E-state index is 12.2. The highest BCUT2D eigenvalue weighted by atomic mass is 32.1. The van der Waals surface area contributed by atoms with Gasteiger partial charge in [-0.1, -0.05) is 56.4 Å². The van der Waals surface area contributed by atoms with Gasteiger partial charge in [0.25, 0.3) is 0 Å². The Bertz CT molecular complexity index is 965. The van der Waals surface area contributed by atoms with Gasteiger partial charge in [0.2, 0.25) is 5.13 Å². The first-order valence-corrected chi connectivity index (χ1v) is 9.93. The Kier molecular flexibility index (Phi) is 6.33. The maximum Gasteiger partial charge on any atom is 0.325 e. The smallest absolute Gasteiger partial charge is 0.325 e. The van der Waals surface area contributed by atoms with Gasteiger partial charge in [0.15, 0.2) is 5.01 Å². The van der Waals surface area contributed by atoms with Crippen molar-refractivity contribution in [2.45, 2.75) is 32.8 Å². The maximum atomic E-state index is 12.2. The van der Waals surface area contributed by atoms with Gasteiger partial charge >= 0.3 is 6.03 Å². The lowest BCUT2D eigenvalue weighted by molar-refractivity contribution is 0.262. The number of rotatable bonds is 6. The van der Waals surface area contributed by atoms with Gasteiger partial charge in [0.1, 0.15) is 18.1 Å². The van der Waals surface area contributed by atoms with Gasteiger partial charge in [0.05, 0.1) is 12.8 Å². The van der Waals surface area contributed by atoms with E-state index in [4.69, 9.17) is 9.47 Å². The van der Waals surface area contributed by atoms with Crippen molar-refractivity contribution in [2.75, 3.05) is 17.7 Å². The first kappa shape index (κ1) is 20.6. The summed E-state index contributed by atoms with van der Waals surface area (Å²) >= 11 is 1.26. The molecule has 1 heterocycles. The number of benzene rings is 2. The van der Waals surface area contributed by atoms with E-state index < -0.39 is 6.03 Å². The molecule has 0 fully saturated rings. The molecule has 0 saturated carbocycles. The van der Waals surface area contributed by atoms with Crippen LogP contribution in [0.1, 0.15) is 31.3 Å². The number of para-hydroxylation sites is 2. The average Bonchev–Trinajstić information content (AvgIpc) is 3.13. The quantitative estimate of drug-likeness (QED) is 0.591. The van der Waals surface area contributed by atoms with E-state index in [1.165, 1.54) is 16.9 Å². The summed E-state index contributed by atoms with van der Waals surface area (Å²) in [6, 6.07) is 14.8. The van der Waals surface area contributed by atoms with Gasteiger partial charge in [-0.15, -0.1) is 10.2 Å². The van der Waals surface area contributed by atoms with Crippen LogP contribution in [0.3, 0.4) is 0 Å². The van der Waals surface area contributed by atoms with Crippen LogP contribution in [-0.2, 0) is 12.0 Å². The number of nitrogens with zero attached hydrogens (tertiary/aromatic N) is 2. The summed E-state index contributed by atoms with van der Waals surface area (Å²) in [7, 11) is 1.55. The van der Waals surface area contributed by atoms with Crippen molar-refractivity contribution in [3.63, 3.8) is 0 Å². The van der Waals surface area contributed by atoms with Crippen LogP contribution in [0.25, 0.3) is 0 Å². The summed E-state index contributed by atoms with van der Waals surface area (Å²) < 4.78 is 11.0. The lowest BCUT2D eigenvalue weighted by Crippen LogP contribution is -2.19. The van der Waals surface area contributed by atoms with Crippen LogP contribution < -0.4 is 20.1 Å². The van der Waals surface area contributed by atoms with Crippen molar-refractivity contribution >= 4 is 28.2 Å². The predicted octanol–water partition coefficient (Wildman–Crippen LogP) is 5.07. The summed E-state index contributed by atoms with van der Waals surface area (Å²) in [5, 5.41) is 14.5. The molecule has 0 bridgehead atoms. The summed E-state index contributed by atoms with van der Waals surface area (Å²) in [4.78, 5) is 12.2. The molecule has 0 aliphatic rings. The van der Waals surface area contributed by atoms with E-state index in [-0.39, 0.29) is 12.0 Å². The second-order valence-electron chi connectivity index (χ2n) is 7.34. The van der Waals surface area contributed by atoms with E-state index >= 15 is 0 Å². The number of aromatic nitrogens is 2. The molecule has 29 heavy (non-hydrogen) atoms. The topological polar surface area (TPSA) is 85.4 Å². The predicted molar refractivity (Wildman–Crippen MR) is 115 cm³/mol. The van der Waals surface area contributed by atoms with Crippen molar-refractivity contribution in [3.05, 3.63) is 59.1 Å². The van der Waals surface area contributed by atoms with Gasteiger partial charge in [-0.2, -0.15) is 0 Å². The summed E-state index contributed by atoms with van der Waals surface area (Å²) in [5.74, 6) is 1.34. The number of carbonyl (C=O) groups is 1. The number of ether oxygens (including phenoxy) is 2. The molecule has 1 aromatic heterocycles. The van der Waals surface area contributed by atoms with E-state index in [0.717, 1.165) is 5.75 Å². The number of amides is 2. The summed E-state index contributed by atoms with van der Waals surface area (Å²) in [6.45, 7) is 6.79. The third-order valence-electron chi connectivity index (χ3n) is 4.13. The van der Waals surface area contributed by atoms with Gasteiger partial charge in [-0.3, -0.25) is 5.32 Å². The molecule has 0 saturated heterocycles. The molecule has 0 radical (unpaired) electrons. The molecule has 152 valence electrons. The number of carbonyl (C=O) groups excluding carboxylic acids is 1. The molecule has 8 heteroatoms. The van der Waals surface area contributed by atoms with Crippen LogP contribution >= 0.6 is 11.3 Å². The van der Waals surface area contributed by atoms with Gasteiger partial charge in [-0.05, 0) is 35.2 Å². The van der Waals surface area contributed by atoms with Crippen molar-refractivity contribution < 1.29 is 14.3 Å². The molecule has 3 rings (SSSR count). The van der Waals surface area contributed by atoms with Crippen LogP contribution in [0.15, 0.2) is 48.5 Å². The van der Waals surface area contributed by atoms with E-state index in [2.05, 4.69) is 53.7 Å². The van der Waals surface area contributed by atoms with E-state index in [1.807, 2.05) is 24.3 Å². The third kappa shape index (κ3) is 5.68. The monoisotopic (exact) mass is 412 g/mol. The van der Waals surface area contributed by atoms with Crippen LogP contribution in [0.5, 0.6) is 11.5 Å². The highest BCUT2D eigenvalue weighted by molar-refractivity contribution is 7.15. The van der Waals surface area contributed by atoms with E-state index in [9.17, 15) is 4.79 Å². The fourth-order valence-electron chi connectivity index (χ4n) is 2.56. The number of hydrogen-bond acceptors (Lipinski definition) is 6. The lowest BCUT2D eigenvalue weighted by Gasteiger charge is -2.19. The second kappa shape index (κ2) is 8.91. The van der Waals surface area contributed by atoms with Crippen LogP contribution in [0, 0.1) is 0 Å². The Morgan fingerprint density at radius 3 is 2.45 bits per heavy atom. The fourth-order valence-corrected chi connectivity index (χ4v) is 3.21. The Morgan fingerprint density at radius 1 is 1.03 bits per heavy atom. The molecular formula is C21H24N4O3S. The fraction of sp³-hybridized carbons (Fsp3) is 0.286. The van der Waals surface area contributed by atoms with Crippen LogP contribution in [0.4, 0.5) is 15.6 Å². The normalized spacial score (nSPS) is 11.0. The number of methoxy groups -OCH3 is 1. The minimum Gasteiger partial charge on any atom is -0.495 e. The van der Waals surface area contributed by atoms with Gasteiger partial charge in [0, 0.05) is 0 Å². The van der Waals surface area contributed by atoms with Crippen LogP contribution in [0.2, 0.25) is 0 Å². The summed E-state index contributed by atoms with van der Waals surface area (Å²) in [6.07, 6.45) is 0. The molecule has 0 aliphatic carbocycles. The Morgan fingerprint density at radius 2 is 1.76 bits per heavy atom. The number of anilines is 2. The van der Waals surface area contributed by atoms with Gasteiger partial charge in [-0.25, -0.2) is 4.79 Å². The zero-order valence-electron chi connectivity index (χ0n) is 16.9. The van der Waals surface area contributed by atoms with E-state index in [0.29, 0.717) is 21.6 Å². The standard InChI is InChI=1S/C21H24N4O3S/c1-21(2,3)14-9-11-15(12-10-14)28-13-18-24-25-20(29-18)23-19(26)22-16-7-5-6-8-17(16)27-4/h5-12H,13H2,1-4H3,(H2,22,23,25,26). The molecular weight excluding hydrogens is 388 g/mol. The molecule has 2 N–H and O–H groups in total. The summed E-state index contributed by atoms with van der Waals surface area (Å²) in [5.41, 5.74) is 1.91. The Hall–Kier alpha value is -3.13. The molecule has 7 nitrogen and oxygen atoms in total. The zero-order chi connectivity index (χ0) is 20.9.